The van der Waals surface area contributed by atoms with Crippen LogP contribution in [0.5, 0.6) is 0 Å². The van der Waals surface area contributed by atoms with Gasteiger partial charge in [-0.15, -0.1) is 0 Å². The summed E-state index contributed by atoms with van der Waals surface area (Å²) in [7, 11) is 0. The minimum atomic E-state index is -0.928. The van der Waals surface area contributed by atoms with Gasteiger partial charge in [0.15, 0.2) is 0 Å². The van der Waals surface area contributed by atoms with Gasteiger partial charge in [-0.1, -0.05) is 30.0 Å². The summed E-state index contributed by atoms with van der Waals surface area (Å²) in [6, 6.07) is 13.1. The van der Waals surface area contributed by atoms with E-state index in [1.165, 1.54) is 0 Å². The summed E-state index contributed by atoms with van der Waals surface area (Å²) in [6.45, 7) is 1.95. The number of carbonyl (C=O) groups is 1. The van der Waals surface area contributed by atoms with Crippen molar-refractivity contribution in [3.63, 3.8) is 0 Å². The van der Waals surface area contributed by atoms with Crippen LogP contribution in [0.3, 0.4) is 0 Å². The van der Waals surface area contributed by atoms with E-state index >= 15 is 0 Å². The molecule has 2 aromatic rings. The van der Waals surface area contributed by atoms with Gasteiger partial charge in [0, 0.05) is 21.1 Å². The van der Waals surface area contributed by atoms with E-state index in [0.29, 0.717) is 0 Å². The monoisotopic (exact) mass is 269 g/mol. The van der Waals surface area contributed by atoms with Crippen LogP contribution in [0.2, 0.25) is 0 Å². The van der Waals surface area contributed by atoms with E-state index in [9.17, 15) is 4.79 Å². The summed E-state index contributed by atoms with van der Waals surface area (Å²) >= 11 is 1.62. The number of carboxylic acids is 1. The van der Waals surface area contributed by atoms with Gasteiger partial charge in [0.25, 0.3) is 0 Å². The molecule has 0 atom stereocenters. The number of rotatable bonds is 1. The minimum Gasteiger partial charge on any atom is -0.478 e. The Morgan fingerprint density at radius 1 is 1.16 bits per heavy atom. The zero-order valence-corrected chi connectivity index (χ0v) is 11.1. The van der Waals surface area contributed by atoms with Crippen LogP contribution in [0.25, 0.3) is 0 Å². The highest BCUT2D eigenvalue weighted by Gasteiger charge is 2.16. The molecular formula is C15H11NO2S. The normalized spacial score (nSPS) is 13.0. The summed E-state index contributed by atoms with van der Waals surface area (Å²) in [5, 5.41) is 9.04. The summed E-state index contributed by atoms with van der Waals surface area (Å²) in [4.78, 5) is 17.7. The van der Waals surface area contributed by atoms with Crippen molar-refractivity contribution in [2.75, 3.05) is 0 Å². The van der Waals surface area contributed by atoms with Gasteiger partial charge in [-0.05, 0) is 31.2 Å². The third-order valence-electron chi connectivity index (χ3n) is 2.99. The Morgan fingerprint density at radius 3 is 2.74 bits per heavy atom. The maximum absolute atomic E-state index is 11.0. The molecule has 1 N–H and O–H groups in total. The molecule has 0 aromatic heterocycles. The molecule has 1 aliphatic rings. The van der Waals surface area contributed by atoms with Crippen LogP contribution in [0.4, 0.5) is 5.69 Å². The van der Waals surface area contributed by atoms with Crippen LogP contribution in [0.15, 0.2) is 57.2 Å². The van der Waals surface area contributed by atoms with Crippen molar-refractivity contribution in [3.8, 4) is 0 Å². The third kappa shape index (κ3) is 2.15. The second kappa shape index (κ2) is 4.55. The van der Waals surface area contributed by atoms with Gasteiger partial charge in [-0.25, -0.2) is 4.79 Å². The maximum Gasteiger partial charge on any atom is 0.335 e. The molecule has 0 saturated heterocycles. The number of carboxylic acid groups (broad SMARTS) is 1. The van der Waals surface area contributed by atoms with Crippen molar-refractivity contribution in [2.24, 2.45) is 4.99 Å². The van der Waals surface area contributed by atoms with E-state index in [1.807, 2.05) is 31.2 Å². The summed E-state index contributed by atoms with van der Waals surface area (Å²) in [5.41, 5.74) is 2.99. The lowest BCUT2D eigenvalue weighted by molar-refractivity contribution is 0.0697. The molecule has 0 spiro atoms. The smallest absolute Gasteiger partial charge is 0.335 e. The number of aromatic carboxylic acids is 1. The van der Waals surface area contributed by atoms with E-state index in [-0.39, 0.29) is 5.56 Å². The molecule has 0 aliphatic carbocycles. The molecule has 3 nitrogen and oxygen atoms in total. The molecule has 1 aliphatic heterocycles. The average molecular weight is 269 g/mol. The zero-order chi connectivity index (χ0) is 13.4. The van der Waals surface area contributed by atoms with Gasteiger partial charge in [0.05, 0.1) is 11.3 Å². The van der Waals surface area contributed by atoms with Crippen molar-refractivity contribution in [3.05, 3.63) is 53.6 Å². The van der Waals surface area contributed by atoms with Crippen molar-refractivity contribution < 1.29 is 9.90 Å². The van der Waals surface area contributed by atoms with E-state index in [4.69, 9.17) is 5.11 Å². The number of nitrogens with zero attached hydrogens (tertiary/aromatic N) is 1. The first kappa shape index (κ1) is 12.0. The summed E-state index contributed by atoms with van der Waals surface area (Å²) in [6.07, 6.45) is 0. The lowest BCUT2D eigenvalue weighted by Gasteiger charge is -2.05. The number of hydrogen-bond acceptors (Lipinski definition) is 3. The van der Waals surface area contributed by atoms with Crippen molar-refractivity contribution in [1.29, 1.82) is 0 Å². The average Bonchev–Trinajstić information content (AvgIpc) is 2.54. The van der Waals surface area contributed by atoms with E-state index in [1.54, 1.807) is 23.9 Å². The van der Waals surface area contributed by atoms with Crippen LogP contribution >= 0.6 is 11.8 Å². The maximum atomic E-state index is 11.0. The van der Waals surface area contributed by atoms with Crippen molar-refractivity contribution in [2.45, 2.75) is 16.7 Å². The minimum absolute atomic E-state index is 0.266. The summed E-state index contributed by atoms with van der Waals surface area (Å²) in [5.74, 6) is -0.928. The Bertz CT molecular complexity index is 707. The largest absolute Gasteiger partial charge is 0.478 e. The van der Waals surface area contributed by atoms with Crippen LogP contribution in [0, 0.1) is 0 Å². The van der Waals surface area contributed by atoms with Crippen LogP contribution < -0.4 is 0 Å². The lowest BCUT2D eigenvalue weighted by Crippen LogP contribution is -1.96. The second-order valence-electron chi connectivity index (χ2n) is 4.28. The first-order valence-electron chi connectivity index (χ1n) is 5.85. The lowest BCUT2D eigenvalue weighted by atomic mass is 10.1. The van der Waals surface area contributed by atoms with Gasteiger partial charge in [0.1, 0.15) is 0 Å². The first-order chi connectivity index (χ1) is 9.15. The number of aliphatic imine (C=N–C) groups is 1. The molecule has 94 valence electrons. The van der Waals surface area contributed by atoms with E-state index < -0.39 is 5.97 Å². The fraction of sp³-hybridized carbons (Fsp3) is 0.0667. The Hall–Kier alpha value is -2.07. The topological polar surface area (TPSA) is 49.7 Å². The van der Waals surface area contributed by atoms with Crippen LogP contribution in [-0.4, -0.2) is 16.8 Å². The van der Waals surface area contributed by atoms with Gasteiger partial charge < -0.3 is 5.11 Å². The molecule has 3 rings (SSSR count). The Kier molecular flexibility index (Phi) is 2.87. The fourth-order valence-corrected chi connectivity index (χ4v) is 3.09. The van der Waals surface area contributed by atoms with Crippen molar-refractivity contribution in [1.82, 2.24) is 0 Å². The second-order valence-corrected chi connectivity index (χ2v) is 5.37. The molecule has 4 heteroatoms. The zero-order valence-electron chi connectivity index (χ0n) is 10.3. The predicted octanol–water partition coefficient (Wildman–Crippen LogP) is 3.99. The molecule has 0 bridgehead atoms. The Labute approximate surface area is 115 Å². The fourth-order valence-electron chi connectivity index (χ4n) is 2.04. The van der Waals surface area contributed by atoms with E-state index in [0.717, 1.165) is 26.8 Å². The predicted molar refractivity (Wildman–Crippen MR) is 75.8 cm³/mol. The molecule has 0 amide bonds. The first-order valence-corrected chi connectivity index (χ1v) is 6.67. The third-order valence-corrected chi connectivity index (χ3v) is 4.13. The standard InChI is InChI=1S/C15H11NO2S/c1-9-11-4-2-3-5-13(11)19-14-7-6-10(15(17)18)8-12(14)16-9/h2-8H,1H3,(H,17,18). The number of hydrogen-bond donors (Lipinski definition) is 1. The molecule has 0 unspecified atom stereocenters. The molecule has 0 saturated carbocycles. The molecule has 19 heavy (non-hydrogen) atoms. The van der Waals surface area contributed by atoms with Gasteiger partial charge in [0.2, 0.25) is 0 Å². The molecule has 2 aromatic carbocycles. The summed E-state index contributed by atoms with van der Waals surface area (Å²) < 4.78 is 0. The Morgan fingerprint density at radius 2 is 1.95 bits per heavy atom. The van der Waals surface area contributed by atoms with Gasteiger partial charge in [-0.3, -0.25) is 4.99 Å². The number of fused-ring (bicyclic) bond motifs is 2. The van der Waals surface area contributed by atoms with Gasteiger partial charge in [-0.2, -0.15) is 0 Å². The molecule has 1 heterocycles. The van der Waals surface area contributed by atoms with E-state index in [2.05, 4.69) is 11.1 Å². The van der Waals surface area contributed by atoms with Crippen LogP contribution in [0.1, 0.15) is 22.8 Å². The quantitative estimate of drug-likeness (QED) is 0.851. The molecule has 0 fully saturated rings. The number of benzene rings is 2. The highest BCUT2D eigenvalue weighted by atomic mass is 32.2. The van der Waals surface area contributed by atoms with Gasteiger partial charge >= 0.3 is 5.97 Å². The SMILES string of the molecule is CC1=Nc2cc(C(=O)O)ccc2Sc2ccccc21. The highest BCUT2D eigenvalue weighted by Crippen LogP contribution is 2.40. The molecular weight excluding hydrogens is 258 g/mol. The van der Waals surface area contributed by atoms with Crippen molar-refractivity contribution >= 4 is 29.1 Å². The van der Waals surface area contributed by atoms with Crippen LogP contribution in [-0.2, 0) is 0 Å². The highest BCUT2D eigenvalue weighted by molar-refractivity contribution is 7.99. The molecule has 0 radical (unpaired) electrons. The Balaban J connectivity index is 2.19.